The molecule has 28 heavy (non-hydrogen) atoms. The van der Waals surface area contributed by atoms with Gasteiger partial charge in [-0.3, -0.25) is 4.79 Å². The highest BCUT2D eigenvalue weighted by Crippen LogP contribution is 2.41. The van der Waals surface area contributed by atoms with Crippen LogP contribution in [-0.2, 0) is 25.8 Å². The minimum atomic E-state index is -3.06. The van der Waals surface area contributed by atoms with Crippen molar-refractivity contribution in [3.8, 4) is 0 Å². The van der Waals surface area contributed by atoms with Crippen LogP contribution in [0.4, 0.5) is 5.69 Å². The van der Waals surface area contributed by atoms with Gasteiger partial charge < -0.3 is 9.64 Å². The number of carbonyl (C=O) groups is 1. The molecule has 8 heteroatoms. The van der Waals surface area contributed by atoms with Crippen LogP contribution in [0.3, 0.4) is 0 Å². The maximum absolute atomic E-state index is 12.5. The fourth-order valence-corrected chi connectivity index (χ4v) is 7.93. The number of benzene rings is 1. The van der Waals surface area contributed by atoms with Gasteiger partial charge in [-0.15, -0.1) is 0 Å². The lowest BCUT2D eigenvalue weighted by atomic mass is 10.1. The maximum Gasteiger partial charge on any atom is 0.277 e. The Morgan fingerprint density at radius 3 is 2.75 bits per heavy atom. The van der Waals surface area contributed by atoms with Crippen LogP contribution in [0.2, 0.25) is 0 Å². The maximum atomic E-state index is 12.5. The lowest BCUT2D eigenvalue weighted by molar-refractivity contribution is -0.126. The molecule has 0 aliphatic carbocycles. The number of carbonyl (C=O) groups excluding carboxylic acids is 1. The number of nitrogens with zero attached hydrogens (tertiary/aromatic N) is 2. The molecule has 0 N–H and O–H groups in total. The molecule has 3 fully saturated rings. The molecule has 4 rings (SSSR count). The number of hydrogen-bond donors (Lipinski definition) is 0. The van der Waals surface area contributed by atoms with E-state index in [1.54, 1.807) is 0 Å². The summed E-state index contributed by atoms with van der Waals surface area (Å²) in [5.41, 5.74) is 2.17. The van der Waals surface area contributed by atoms with E-state index in [9.17, 15) is 13.2 Å². The number of unbranched alkanes of at least 4 members (excludes halogenated alkanes) is 1. The lowest BCUT2D eigenvalue weighted by Crippen LogP contribution is -2.38. The Labute approximate surface area is 170 Å². The van der Waals surface area contributed by atoms with E-state index in [-0.39, 0.29) is 28.7 Å². The zero-order valence-corrected chi connectivity index (χ0v) is 17.7. The second kappa shape index (κ2) is 8.16. The standard InChI is InChI=1S/C20H26N2O4S2/c1-2-3-5-14-7-9-15(10-8-14)22-16-12-28(24,25)13-18(16)27-20(22)21-19(23)17-6-4-11-26-17/h7-10,16-18H,2-6,11-13H2,1H3/t16-,17-,18+/m0/s1. The van der Waals surface area contributed by atoms with Crippen LogP contribution in [0.15, 0.2) is 29.3 Å². The Balaban J connectivity index is 1.61. The highest BCUT2D eigenvalue weighted by atomic mass is 32.2. The quantitative estimate of drug-likeness (QED) is 0.726. The molecule has 6 nitrogen and oxygen atoms in total. The first-order chi connectivity index (χ1) is 13.5. The Kier molecular flexibility index (Phi) is 5.81. The summed E-state index contributed by atoms with van der Waals surface area (Å²) in [7, 11) is -3.06. The summed E-state index contributed by atoms with van der Waals surface area (Å²) in [6, 6.07) is 8.04. The summed E-state index contributed by atoms with van der Waals surface area (Å²) >= 11 is 1.41. The first kappa shape index (κ1) is 19.9. The summed E-state index contributed by atoms with van der Waals surface area (Å²) in [6.45, 7) is 2.77. The van der Waals surface area contributed by atoms with Gasteiger partial charge in [-0.2, -0.15) is 4.99 Å². The van der Waals surface area contributed by atoms with Crippen molar-refractivity contribution in [3.63, 3.8) is 0 Å². The van der Waals surface area contributed by atoms with Crippen molar-refractivity contribution in [1.82, 2.24) is 0 Å². The summed E-state index contributed by atoms with van der Waals surface area (Å²) in [6.07, 6.45) is 4.44. The van der Waals surface area contributed by atoms with Crippen molar-refractivity contribution in [3.05, 3.63) is 29.8 Å². The fraction of sp³-hybridized carbons (Fsp3) is 0.600. The molecule has 1 aromatic carbocycles. The molecule has 3 saturated heterocycles. The van der Waals surface area contributed by atoms with Crippen LogP contribution in [0.1, 0.15) is 38.2 Å². The number of hydrogen-bond acceptors (Lipinski definition) is 5. The van der Waals surface area contributed by atoms with E-state index in [2.05, 4.69) is 24.0 Å². The SMILES string of the molecule is CCCCc1ccc(N2C(=NC(=O)[C@@H]3CCCO3)S[C@@H]3CS(=O)(=O)C[C@@H]32)cc1. The van der Waals surface area contributed by atoms with E-state index in [0.717, 1.165) is 31.4 Å². The summed E-state index contributed by atoms with van der Waals surface area (Å²) < 4.78 is 29.8. The third kappa shape index (κ3) is 4.14. The number of ether oxygens (including phenoxy) is 1. The molecule has 0 bridgehead atoms. The molecule has 1 amide bonds. The van der Waals surface area contributed by atoms with Gasteiger partial charge in [0.15, 0.2) is 15.0 Å². The van der Waals surface area contributed by atoms with Gasteiger partial charge in [0.25, 0.3) is 5.91 Å². The molecule has 3 atom stereocenters. The van der Waals surface area contributed by atoms with E-state index in [4.69, 9.17) is 4.74 Å². The zero-order valence-electron chi connectivity index (χ0n) is 16.0. The summed E-state index contributed by atoms with van der Waals surface area (Å²) in [4.78, 5) is 18.8. The molecular weight excluding hydrogens is 396 g/mol. The Hall–Kier alpha value is -1.38. The minimum Gasteiger partial charge on any atom is -0.368 e. The van der Waals surface area contributed by atoms with E-state index in [1.165, 1.54) is 17.3 Å². The van der Waals surface area contributed by atoms with Crippen LogP contribution >= 0.6 is 11.8 Å². The van der Waals surface area contributed by atoms with Crippen molar-refractivity contribution < 1.29 is 17.9 Å². The molecule has 0 unspecified atom stereocenters. The lowest BCUT2D eigenvalue weighted by Gasteiger charge is -2.25. The first-order valence-electron chi connectivity index (χ1n) is 9.96. The monoisotopic (exact) mass is 422 g/mol. The van der Waals surface area contributed by atoms with Crippen LogP contribution in [0.5, 0.6) is 0 Å². The molecule has 3 heterocycles. The van der Waals surface area contributed by atoms with Crippen molar-refractivity contribution in [2.24, 2.45) is 4.99 Å². The molecule has 3 aliphatic rings. The van der Waals surface area contributed by atoms with E-state index in [1.807, 2.05) is 17.0 Å². The molecular formula is C20H26N2O4S2. The number of rotatable bonds is 5. The first-order valence-corrected chi connectivity index (χ1v) is 12.7. The zero-order chi connectivity index (χ0) is 19.7. The van der Waals surface area contributed by atoms with Gasteiger partial charge in [0.05, 0.1) is 17.5 Å². The van der Waals surface area contributed by atoms with Crippen LogP contribution < -0.4 is 4.90 Å². The predicted molar refractivity (Wildman–Crippen MR) is 113 cm³/mol. The van der Waals surface area contributed by atoms with Gasteiger partial charge in [-0.05, 0) is 43.4 Å². The van der Waals surface area contributed by atoms with Crippen molar-refractivity contribution >= 4 is 38.4 Å². The van der Waals surface area contributed by atoms with Gasteiger partial charge in [-0.25, -0.2) is 8.42 Å². The van der Waals surface area contributed by atoms with Gasteiger partial charge in [0.2, 0.25) is 0 Å². The number of aryl methyl sites for hydroxylation is 1. The normalized spacial score (nSPS) is 30.1. The second-order valence-electron chi connectivity index (χ2n) is 7.67. The second-order valence-corrected chi connectivity index (χ2v) is 11.0. The van der Waals surface area contributed by atoms with E-state index < -0.39 is 15.9 Å². The number of amidine groups is 1. The number of anilines is 1. The number of sulfone groups is 1. The average Bonchev–Trinajstić information content (AvgIpc) is 3.35. The minimum absolute atomic E-state index is 0.0826. The van der Waals surface area contributed by atoms with Crippen LogP contribution in [0, 0.1) is 0 Å². The molecule has 0 spiro atoms. The van der Waals surface area contributed by atoms with Gasteiger partial charge >= 0.3 is 0 Å². The topological polar surface area (TPSA) is 76.0 Å². The third-order valence-electron chi connectivity index (χ3n) is 5.51. The predicted octanol–water partition coefficient (Wildman–Crippen LogP) is 2.81. The summed E-state index contributed by atoms with van der Waals surface area (Å²) in [5.74, 6) is -0.0111. The third-order valence-corrected chi connectivity index (χ3v) is 8.72. The van der Waals surface area contributed by atoms with E-state index >= 15 is 0 Å². The summed E-state index contributed by atoms with van der Waals surface area (Å²) in [5, 5.41) is 0.521. The molecule has 152 valence electrons. The van der Waals surface area contributed by atoms with Gasteiger partial charge in [-0.1, -0.05) is 37.2 Å². The van der Waals surface area contributed by atoms with Crippen molar-refractivity contribution in [2.75, 3.05) is 23.0 Å². The highest BCUT2D eigenvalue weighted by molar-refractivity contribution is 8.16. The van der Waals surface area contributed by atoms with Crippen molar-refractivity contribution in [2.45, 2.75) is 56.4 Å². The molecule has 0 aromatic heterocycles. The number of aliphatic imine (C=N–C) groups is 1. The largest absolute Gasteiger partial charge is 0.368 e. The smallest absolute Gasteiger partial charge is 0.277 e. The number of fused-ring (bicyclic) bond motifs is 1. The Morgan fingerprint density at radius 1 is 1.29 bits per heavy atom. The fourth-order valence-electron chi connectivity index (χ4n) is 4.01. The number of amides is 1. The molecule has 3 aliphatic heterocycles. The highest BCUT2D eigenvalue weighted by Gasteiger charge is 2.49. The van der Waals surface area contributed by atoms with E-state index in [0.29, 0.717) is 18.2 Å². The number of thioether (sulfide) groups is 1. The molecule has 0 radical (unpaired) electrons. The van der Waals surface area contributed by atoms with Gasteiger partial charge in [0, 0.05) is 17.5 Å². The molecule has 0 saturated carbocycles. The van der Waals surface area contributed by atoms with Crippen LogP contribution in [0.25, 0.3) is 0 Å². The van der Waals surface area contributed by atoms with Crippen LogP contribution in [-0.4, -0.2) is 55.0 Å². The average molecular weight is 423 g/mol. The Bertz CT molecular complexity index is 861. The van der Waals surface area contributed by atoms with Gasteiger partial charge in [0.1, 0.15) is 6.10 Å². The molecule has 1 aromatic rings. The Morgan fingerprint density at radius 2 is 2.07 bits per heavy atom. The van der Waals surface area contributed by atoms with Crippen molar-refractivity contribution in [1.29, 1.82) is 0 Å².